The Bertz CT molecular complexity index is 3310. The van der Waals surface area contributed by atoms with Crippen molar-refractivity contribution in [3.63, 3.8) is 0 Å². The first-order valence-electron chi connectivity index (χ1n) is 49.3. The van der Waals surface area contributed by atoms with E-state index >= 15 is 0 Å². The summed E-state index contributed by atoms with van der Waals surface area (Å²) in [4.78, 5) is 255. The van der Waals surface area contributed by atoms with Crippen LogP contribution in [0.2, 0.25) is 0 Å². The minimum absolute atomic E-state index is 0.165. The van der Waals surface area contributed by atoms with Gasteiger partial charge in [0.05, 0.1) is 176 Å². The summed E-state index contributed by atoms with van der Waals surface area (Å²) in [7, 11) is 0. The molecule has 0 aliphatic rings. The van der Waals surface area contributed by atoms with Crippen molar-refractivity contribution >= 4 is 107 Å². The van der Waals surface area contributed by atoms with Gasteiger partial charge in [-0.25, -0.2) is 0 Å². The lowest BCUT2D eigenvalue weighted by Crippen LogP contribution is -2.43. The summed E-state index contributed by atoms with van der Waals surface area (Å²) in [6.45, 7) is 19.9. The third-order valence-electron chi connectivity index (χ3n) is 21.1. The predicted molar refractivity (Wildman–Crippen MR) is 511 cm³/mol. The molecule has 48 heteroatoms. The van der Waals surface area contributed by atoms with E-state index in [1.54, 1.807) is 0 Å². The molecule has 144 heavy (non-hydrogen) atoms. The number of ether oxygens (including phenoxy) is 9. The Morgan fingerprint density at radius 3 is 0.382 bits per heavy atom. The molecule has 18 unspecified atom stereocenters. The molecule has 0 aliphatic heterocycles. The number of hydrogen-bond donors (Lipinski definition) is 12. The van der Waals surface area contributed by atoms with E-state index in [2.05, 4.69) is 0 Å². The Hall–Kier alpha value is -10.0. The van der Waals surface area contributed by atoms with Gasteiger partial charge in [0.1, 0.15) is 56.4 Å². The van der Waals surface area contributed by atoms with E-state index in [1.807, 2.05) is 0 Å². The molecule has 0 heterocycles. The van der Waals surface area contributed by atoms with Gasteiger partial charge in [0, 0.05) is 136 Å². The lowest BCUT2D eigenvalue weighted by molar-refractivity contribution is -0.164. The summed E-state index contributed by atoms with van der Waals surface area (Å²) in [5.74, 6) is -14.9. The second-order valence-corrected chi connectivity index (χ2v) is 38.0. The maximum Gasteiger partial charge on any atom is 0.306 e. The standard InChI is InChI=1S/C96H167N9O39/c1-20-96(57-136-87(127)30-21-84(124)103(51-72(14)139-90(130)33-24-78(118)97(39-60(2)106)40-61(3)107)52-73(15)140-91(131)34-25-79(119)98(41-62(4)108)42-63(5)109,58-137-88(128)31-22-85(125)104(53-74(16)141-92(132)35-26-80(120)99(43-64(6)110)44-65(7)111)54-75(17)142-93(133)36-27-81(121)100(45-66(8)112)46-67(9)113)59-138-89(129)32-23-86(126)105(55-76(18)143-94(134)37-28-82(122)101(47-68(10)114)48-69(11)115)56-77(19)144-95(135)38-29-83(123)102(49-70(12)116)50-71(13)117/h60-77,106-117H,20-59H2,1-19H3. The van der Waals surface area contributed by atoms with Crippen molar-refractivity contribution in [3.05, 3.63) is 0 Å². The van der Waals surface area contributed by atoms with E-state index in [-0.39, 0.29) is 85.0 Å². The molecular weight excluding hydrogens is 1900 g/mol. The zero-order valence-electron chi connectivity index (χ0n) is 87.6. The summed E-state index contributed by atoms with van der Waals surface area (Å²) in [5, 5.41) is 120. The fraction of sp³-hybridized carbons (Fsp3) is 0.812. The third kappa shape index (κ3) is 64.1. The van der Waals surface area contributed by atoms with Crippen LogP contribution in [0.15, 0.2) is 0 Å². The number of esters is 9. The van der Waals surface area contributed by atoms with E-state index in [0.29, 0.717) is 0 Å². The molecule has 9 amide bonds. The highest BCUT2D eigenvalue weighted by molar-refractivity contribution is 5.87. The van der Waals surface area contributed by atoms with E-state index in [9.17, 15) is 148 Å². The Morgan fingerprint density at radius 2 is 0.278 bits per heavy atom. The van der Waals surface area contributed by atoms with Gasteiger partial charge in [-0.2, -0.15) is 0 Å². The Kier molecular flexibility index (Phi) is 66.5. The van der Waals surface area contributed by atoms with Crippen LogP contribution in [0.25, 0.3) is 0 Å². The molecule has 0 aliphatic carbocycles. The van der Waals surface area contributed by atoms with Crippen LogP contribution in [-0.2, 0) is 129 Å². The van der Waals surface area contributed by atoms with Crippen molar-refractivity contribution in [2.75, 3.05) is 138 Å². The Morgan fingerprint density at radius 1 is 0.174 bits per heavy atom. The average Bonchev–Trinajstić information content (AvgIpc) is 0.853. The molecule has 0 rings (SSSR count). The van der Waals surface area contributed by atoms with Gasteiger partial charge in [-0.15, -0.1) is 0 Å². The minimum Gasteiger partial charge on any atom is -0.465 e. The Balaban J connectivity index is 7.95. The summed E-state index contributed by atoms with van der Waals surface area (Å²) >= 11 is 0. The highest BCUT2D eigenvalue weighted by Gasteiger charge is 2.38. The van der Waals surface area contributed by atoms with Crippen LogP contribution < -0.4 is 0 Å². The van der Waals surface area contributed by atoms with Gasteiger partial charge >= 0.3 is 53.7 Å². The normalized spacial score (nSPS) is 15.5. The molecule has 0 aromatic carbocycles. The molecular formula is C96H167N9O39. The quantitative estimate of drug-likeness (QED) is 0.0247. The number of amides is 9. The number of aliphatic hydroxyl groups excluding tert-OH is 12. The molecule has 0 fully saturated rings. The van der Waals surface area contributed by atoms with E-state index in [4.69, 9.17) is 42.6 Å². The van der Waals surface area contributed by atoms with Gasteiger partial charge in [-0.3, -0.25) is 86.3 Å². The maximum atomic E-state index is 14.5. The molecule has 0 radical (unpaired) electrons. The van der Waals surface area contributed by atoms with Crippen LogP contribution in [-0.4, -0.2) is 460 Å². The van der Waals surface area contributed by atoms with Crippen LogP contribution in [0.1, 0.15) is 254 Å². The fourth-order valence-corrected chi connectivity index (χ4v) is 14.8. The average molecular weight is 2070 g/mol. The molecule has 0 spiro atoms. The second kappa shape index (κ2) is 71.5. The van der Waals surface area contributed by atoms with Crippen LogP contribution in [0.4, 0.5) is 0 Å². The lowest BCUT2D eigenvalue weighted by Gasteiger charge is -2.31. The van der Waals surface area contributed by atoms with E-state index in [1.165, 1.54) is 132 Å². The highest BCUT2D eigenvalue weighted by atomic mass is 16.6. The SMILES string of the molecule is CCC(COC(=O)CCC(=O)N(CC(C)OC(=O)CCC(=O)N(CC(C)O)CC(C)O)CC(C)OC(=O)CCC(=O)N(CC(C)O)CC(C)O)(COC(=O)CCC(=O)N(CC(C)OC(=O)CCC(=O)N(CC(C)O)CC(C)O)CC(C)OC(=O)CCC(=O)N(CC(C)O)CC(C)O)COC(=O)CCC(=O)N(CC(C)OC(=O)CCC(=O)N(CC(C)O)CC(C)O)CC(C)OC(=O)CCC(=O)N(CC(C)O)CC(C)O. The fourth-order valence-electron chi connectivity index (χ4n) is 14.8. The minimum atomic E-state index is -1.75. The second-order valence-electron chi connectivity index (χ2n) is 38.0. The van der Waals surface area contributed by atoms with Crippen LogP contribution in [0.5, 0.6) is 0 Å². The van der Waals surface area contributed by atoms with Gasteiger partial charge in [0.2, 0.25) is 53.2 Å². The first-order valence-corrected chi connectivity index (χ1v) is 49.3. The summed E-state index contributed by atoms with van der Waals surface area (Å²) in [5.41, 5.74) is -1.75. The molecule has 48 nitrogen and oxygen atoms in total. The molecule has 0 bridgehead atoms. The number of nitrogens with zero attached hydrogens (tertiary/aromatic N) is 9. The summed E-state index contributed by atoms with van der Waals surface area (Å²) in [6, 6.07) is 0. The first kappa shape index (κ1) is 134. The molecule has 830 valence electrons. The smallest absolute Gasteiger partial charge is 0.306 e. The number of hydrogen-bond acceptors (Lipinski definition) is 39. The van der Waals surface area contributed by atoms with Crippen molar-refractivity contribution in [2.24, 2.45) is 5.41 Å². The monoisotopic (exact) mass is 2070 g/mol. The molecule has 18 atom stereocenters. The van der Waals surface area contributed by atoms with Gasteiger partial charge in [0.15, 0.2) is 0 Å². The summed E-state index contributed by atoms with van der Waals surface area (Å²) < 4.78 is 51.0. The first-order chi connectivity index (χ1) is 67.0. The zero-order valence-corrected chi connectivity index (χ0v) is 87.6. The van der Waals surface area contributed by atoms with E-state index in [0.717, 1.165) is 44.1 Å². The topological polar surface area (TPSA) is 662 Å². The Labute approximate surface area is 844 Å². The molecule has 0 aromatic heterocycles. The van der Waals surface area contributed by atoms with Crippen LogP contribution in [0.3, 0.4) is 0 Å². The van der Waals surface area contributed by atoms with Crippen molar-refractivity contribution in [1.82, 2.24) is 44.1 Å². The van der Waals surface area contributed by atoms with Gasteiger partial charge in [0.25, 0.3) is 0 Å². The highest BCUT2D eigenvalue weighted by Crippen LogP contribution is 2.27. The van der Waals surface area contributed by atoms with Crippen molar-refractivity contribution in [2.45, 2.75) is 363 Å². The van der Waals surface area contributed by atoms with Crippen molar-refractivity contribution in [3.8, 4) is 0 Å². The van der Waals surface area contributed by atoms with Gasteiger partial charge in [-0.05, 0) is 131 Å². The molecule has 0 saturated heterocycles. The molecule has 0 saturated carbocycles. The van der Waals surface area contributed by atoms with Crippen LogP contribution >= 0.6 is 0 Å². The van der Waals surface area contributed by atoms with Crippen molar-refractivity contribution in [1.29, 1.82) is 0 Å². The lowest BCUT2D eigenvalue weighted by atomic mass is 9.88. The van der Waals surface area contributed by atoms with Crippen LogP contribution in [0, 0.1) is 5.41 Å². The number of rotatable bonds is 76. The van der Waals surface area contributed by atoms with E-state index < -0.39 is 397 Å². The number of carbonyl (C=O) groups excluding carboxylic acids is 18. The maximum absolute atomic E-state index is 14.5. The number of aliphatic hydroxyl groups is 12. The number of carbonyl (C=O) groups is 18. The largest absolute Gasteiger partial charge is 0.465 e. The van der Waals surface area contributed by atoms with Gasteiger partial charge < -0.3 is 148 Å². The molecule has 12 N–H and O–H groups in total. The zero-order chi connectivity index (χ0) is 110. The molecule has 0 aromatic rings. The predicted octanol–water partition coefficient (Wildman–Crippen LogP) is -1.35. The van der Waals surface area contributed by atoms with Crippen molar-refractivity contribution < 1.29 is 190 Å². The summed E-state index contributed by atoms with van der Waals surface area (Å²) in [6.07, 6.45) is -28.9. The van der Waals surface area contributed by atoms with Gasteiger partial charge in [-0.1, -0.05) is 6.92 Å². The third-order valence-corrected chi connectivity index (χ3v) is 21.1.